The molecule has 0 aliphatic heterocycles. The number of rotatable bonds is 8. The smallest absolute Gasteiger partial charge is 0.0547 e. The lowest BCUT2D eigenvalue weighted by Gasteiger charge is -2.61. The molecule has 2 nitrogen and oxygen atoms in total. The molecule has 11 aromatic rings. The van der Waals surface area contributed by atoms with Crippen LogP contribution in [0.1, 0.15) is 86.8 Å². The van der Waals surface area contributed by atoms with Crippen LogP contribution in [-0.4, -0.2) is 4.57 Å². The molecule has 10 aromatic carbocycles. The van der Waals surface area contributed by atoms with Crippen molar-refractivity contribution in [2.24, 2.45) is 23.7 Å². The number of benzene rings is 10. The van der Waals surface area contributed by atoms with Gasteiger partial charge in [-0.05, 0) is 202 Å². The SMILES string of the molecule is c1ccc(-n2c3ccccc3c3c(-c4cccc(N(c5ccc(-c6ccc7c(c6)C6(c8ccccc8-7)C7CC8CC(C7)CC6C8)cc5)c5ccccc5-c5cccc6cccc(C7CCCCC7)c56)c4)cccc32)cc1. The van der Waals surface area contributed by atoms with Gasteiger partial charge < -0.3 is 9.47 Å². The average molecular weight is 979 g/mol. The van der Waals surface area contributed by atoms with Crippen molar-refractivity contribution >= 4 is 49.6 Å². The van der Waals surface area contributed by atoms with Crippen LogP contribution in [0.4, 0.5) is 17.1 Å². The lowest BCUT2D eigenvalue weighted by atomic mass is 9.43. The Morgan fingerprint density at radius 1 is 0.395 bits per heavy atom. The highest BCUT2D eigenvalue weighted by molar-refractivity contribution is 6.16. The fourth-order valence-electron chi connectivity index (χ4n) is 16.7. The number of para-hydroxylation sites is 3. The molecule has 76 heavy (non-hydrogen) atoms. The van der Waals surface area contributed by atoms with Crippen molar-refractivity contribution in [3.05, 3.63) is 241 Å². The summed E-state index contributed by atoms with van der Waals surface area (Å²) in [5, 5.41) is 5.26. The minimum Gasteiger partial charge on any atom is -0.310 e. The van der Waals surface area contributed by atoms with E-state index in [0.717, 1.165) is 35.0 Å². The standard InChI is InChI=1S/C74H62N2/c1-3-17-51(18-4-1)60-28-14-19-52-20-15-30-65(72(52)60)64-26-8-11-32-69(64)75(59-24-13-21-54(46-59)61-29-16-34-71-73(61)66-27-9-12-33-70(66)76(71)57-22-5-2-6-23-57)58-38-35-50(36-39-58)53-37-40-63-62-25-7-10-31-67(62)74(68(63)47-53)55-42-48-41-49(44-55)45-56(74)43-48/h2,5-16,19-40,46-49,51,55-56H,1,3-4,17-18,41-45H2. The van der Waals surface area contributed by atoms with Crippen LogP contribution in [-0.2, 0) is 5.41 Å². The van der Waals surface area contributed by atoms with Gasteiger partial charge in [0.1, 0.15) is 0 Å². The van der Waals surface area contributed by atoms with E-state index in [1.807, 2.05) is 0 Å². The molecule has 6 aliphatic carbocycles. The topological polar surface area (TPSA) is 8.17 Å². The molecule has 5 saturated carbocycles. The molecule has 368 valence electrons. The Morgan fingerprint density at radius 3 is 1.87 bits per heavy atom. The van der Waals surface area contributed by atoms with Crippen LogP contribution in [0.2, 0.25) is 0 Å². The predicted octanol–water partition coefficient (Wildman–Crippen LogP) is 20.2. The summed E-state index contributed by atoms with van der Waals surface area (Å²) < 4.78 is 2.43. The Morgan fingerprint density at radius 2 is 1.04 bits per heavy atom. The van der Waals surface area contributed by atoms with Crippen molar-refractivity contribution in [1.29, 1.82) is 0 Å². The van der Waals surface area contributed by atoms with Gasteiger partial charge in [0.15, 0.2) is 0 Å². The Hall–Kier alpha value is -7.94. The summed E-state index contributed by atoms with van der Waals surface area (Å²) in [7, 11) is 0. The average Bonchev–Trinajstić information content (AvgIpc) is 4.20. The maximum Gasteiger partial charge on any atom is 0.0547 e. The summed E-state index contributed by atoms with van der Waals surface area (Å²) in [5.74, 6) is 3.90. The molecule has 1 spiro atoms. The highest BCUT2D eigenvalue weighted by atomic mass is 15.1. The predicted molar refractivity (Wildman–Crippen MR) is 318 cm³/mol. The van der Waals surface area contributed by atoms with Crippen molar-refractivity contribution < 1.29 is 0 Å². The quantitative estimate of drug-likeness (QED) is 0.147. The normalized spacial score (nSPS) is 21.4. The molecular weight excluding hydrogens is 917 g/mol. The minimum absolute atomic E-state index is 0.139. The second-order valence-corrected chi connectivity index (χ2v) is 23.4. The second-order valence-electron chi connectivity index (χ2n) is 23.4. The van der Waals surface area contributed by atoms with E-state index in [1.54, 1.807) is 11.1 Å². The summed E-state index contributed by atoms with van der Waals surface area (Å²) in [6.45, 7) is 0. The first-order valence-electron chi connectivity index (χ1n) is 28.6. The van der Waals surface area contributed by atoms with Crippen LogP contribution in [0.3, 0.4) is 0 Å². The molecule has 6 aliphatic rings. The van der Waals surface area contributed by atoms with E-state index in [1.165, 1.54) is 158 Å². The summed E-state index contributed by atoms with van der Waals surface area (Å²) in [6, 6.07) is 85.8. The van der Waals surface area contributed by atoms with E-state index < -0.39 is 0 Å². The molecule has 1 aromatic heterocycles. The van der Waals surface area contributed by atoms with Crippen LogP contribution in [0, 0.1) is 23.7 Å². The first kappa shape index (κ1) is 44.4. The molecule has 0 saturated heterocycles. The van der Waals surface area contributed by atoms with Gasteiger partial charge in [0, 0.05) is 38.8 Å². The highest BCUT2D eigenvalue weighted by Crippen LogP contribution is 2.69. The van der Waals surface area contributed by atoms with Gasteiger partial charge in [0.2, 0.25) is 0 Å². The molecule has 1 heterocycles. The van der Waals surface area contributed by atoms with Crippen LogP contribution < -0.4 is 4.90 Å². The van der Waals surface area contributed by atoms with Crippen LogP contribution in [0.15, 0.2) is 224 Å². The Kier molecular flexibility index (Phi) is 10.3. The Balaban J connectivity index is 0.861. The first-order chi connectivity index (χ1) is 37.7. The van der Waals surface area contributed by atoms with Crippen LogP contribution >= 0.6 is 0 Å². The van der Waals surface area contributed by atoms with Crippen molar-refractivity contribution in [1.82, 2.24) is 4.57 Å². The number of hydrogen-bond donors (Lipinski definition) is 0. The van der Waals surface area contributed by atoms with Gasteiger partial charge in [-0.25, -0.2) is 0 Å². The third kappa shape index (κ3) is 6.72. The maximum absolute atomic E-state index is 2.64. The van der Waals surface area contributed by atoms with Crippen molar-refractivity contribution in [3.8, 4) is 50.2 Å². The van der Waals surface area contributed by atoms with Gasteiger partial charge in [-0.15, -0.1) is 0 Å². The lowest BCUT2D eigenvalue weighted by molar-refractivity contribution is -0.0399. The van der Waals surface area contributed by atoms with E-state index in [9.17, 15) is 0 Å². The third-order valence-electron chi connectivity index (χ3n) is 19.6. The molecule has 5 fully saturated rings. The van der Waals surface area contributed by atoms with E-state index in [4.69, 9.17) is 0 Å². The molecule has 0 unspecified atom stereocenters. The van der Waals surface area contributed by atoms with E-state index in [0.29, 0.717) is 5.92 Å². The number of nitrogens with zero attached hydrogens (tertiary/aromatic N) is 2. The largest absolute Gasteiger partial charge is 0.310 e. The molecule has 0 N–H and O–H groups in total. The first-order valence-corrected chi connectivity index (χ1v) is 28.6. The Bertz CT molecular complexity index is 4020. The monoisotopic (exact) mass is 978 g/mol. The van der Waals surface area contributed by atoms with Gasteiger partial charge in [0.05, 0.1) is 16.7 Å². The summed E-state index contributed by atoms with van der Waals surface area (Å²) >= 11 is 0. The number of fused-ring (bicyclic) bond motifs is 7. The Labute approximate surface area is 447 Å². The second kappa shape index (κ2) is 17.6. The molecule has 0 atom stereocenters. The van der Waals surface area contributed by atoms with Gasteiger partial charge >= 0.3 is 0 Å². The molecule has 2 heteroatoms. The van der Waals surface area contributed by atoms with Crippen molar-refractivity contribution in [2.45, 2.75) is 75.5 Å². The fraction of sp³-hybridized carbons (Fsp3) is 0.216. The number of hydrogen-bond acceptors (Lipinski definition) is 1. The van der Waals surface area contributed by atoms with Crippen LogP contribution in [0.5, 0.6) is 0 Å². The lowest BCUT2D eigenvalue weighted by Crippen LogP contribution is -2.55. The van der Waals surface area contributed by atoms with Gasteiger partial charge in [-0.1, -0.05) is 183 Å². The molecule has 17 rings (SSSR count). The van der Waals surface area contributed by atoms with Gasteiger partial charge in [-0.2, -0.15) is 0 Å². The summed E-state index contributed by atoms with van der Waals surface area (Å²) in [6.07, 6.45) is 13.5. The molecular formula is C74H62N2. The van der Waals surface area contributed by atoms with E-state index in [2.05, 4.69) is 234 Å². The maximum atomic E-state index is 2.64. The summed E-state index contributed by atoms with van der Waals surface area (Å²) in [5.41, 5.74) is 22.5. The summed E-state index contributed by atoms with van der Waals surface area (Å²) in [4.78, 5) is 2.54. The molecule has 0 radical (unpaired) electrons. The third-order valence-corrected chi connectivity index (χ3v) is 19.6. The minimum atomic E-state index is 0.139. The zero-order chi connectivity index (χ0) is 49.9. The zero-order valence-corrected chi connectivity index (χ0v) is 43.2. The number of aromatic nitrogens is 1. The van der Waals surface area contributed by atoms with Crippen LogP contribution in [0.25, 0.3) is 82.8 Å². The fourth-order valence-corrected chi connectivity index (χ4v) is 16.7. The van der Waals surface area contributed by atoms with E-state index >= 15 is 0 Å². The van der Waals surface area contributed by atoms with Gasteiger partial charge in [-0.3, -0.25) is 0 Å². The van der Waals surface area contributed by atoms with E-state index in [-0.39, 0.29) is 5.41 Å². The van der Waals surface area contributed by atoms with Crippen molar-refractivity contribution in [2.75, 3.05) is 4.90 Å². The zero-order valence-electron chi connectivity index (χ0n) is 43.2. The number of anilines is 3. The van der Waals surface area contributed by atoms with Crippen molar-refractivity contribution in [3.63, 3.8) is 0 Å². The van der Waals surface area contributed by atoms with Gasteiger partial charge in [0.25, 0.3) is 0 Å². The molecule has 4 bridgehead atoms. The molecule has 0 amide bonds. The highest BCUT2D eigenvalue weighted by Gasteiger charge is 2.61.